The molecule has 25 heavy (non-hydrogen) atoms. The van der Waals surface area contributed by atoms with E-state index in [2.05, 4.69) is 21.0 Å². The molecule has 130 valence electrons. The summed E-state index contributed by atoms with van der Waals surface area (Å²) in [5.74, 6) is 0.479. The first-order valence-corrected chi connectivity index (χ1v) is 8.42. The summed E-state index contributed by atoms with van der Waals surface area (Å²) in [6.07, 6.45) is 2.51. The molecule has 6 nitrogen and oxygen atoms in total. The summed E-state index contributed by atoms with van der Waals surface area (Å²) in [5.41, 5.74) is 2.04. The van der Waals surface area contributed by atoms with Gasteiger partial charge in [0.2, 0.25) is 5.78 Å². The number of ether oxygens (including phenoxy) is 2. The molecule has 0 fully saturated rings. The predicted octanol–water partition coefficient (Wildman–Crippen LogP) is 4.03. The molecular formula is C18H17BrN2O4. The second-order valence-corrected chi connectivity index (χ2v) is 7.38. The SMILES string of the molecule is COc1ccc2c(c1)C(=O)C(Br)=C2c1cnn(C(=O)OC(C)(C)C)c1. The van der Waals surface area contributed by atoms with Crippen LogP contribution in [-0.4, -0.2) is 34.4 Å². The van der Waals surface area contributed by atoms with Crippen molar-refractivity contribution < 1.29 is 19.1 Å². The quantitative estimate of drug-likeness (QED) is 0.755. The van der Waals surface area contributed by atoms with Crippen LogP contribution in [0.4, 0.5) is 4.79 Å². The van der Waals surface area contributed by atoms with Gasteiger partial charge in [-0.2, -0.15) is 9.78 Å². The van der Waals surface area contributed by atoms with E-state index in [0.717, 1.165) is 10.2 Å². The Bertz CT molecular complexity index is 906. The highest BCUT2D eigenvalue weighted by Gasteiger charge is 2.30. The first-order valence-electron chi connectivity index (χ1n) is 7.62. The Balaban J connectivity index is 1.99. The minimum Gasteiger partial charge on any atom is -0.497 e. The molecule has 1 aromatic heterocycles. The number of carbonyl (C=O) groups excluding carboxylic acids is 2. The second-order valence-electron chi connectivity index (χ2n) is 6.58. The number of hydrogen-bond donors (Lipinski definition) is 0. The van der Waals surface area contributed by atoms with E-state index >= 15 is 0 Å². The van der Waals surface area contributed by atoms with E-state index in [9.17, 15) is 9.59 Å². The fourth-order valence-corrected chi connectivity index (χ4v) is 3.20. The first kappa shape index (κ1) is 17.4. The molecule has 0 aliphatic heterocycles. The smallest absolute Gasteiger partial charge is 0.435 e. The summed E-state index contributed by atoms with van der Waals surface area (Å²) in [5, 5.41) is 4.06. The molecule has 0 N–H and O–H groups in total. The Morgan fingerprint density at radius 2 is 1.96 bits per heavy atom. The Labute approximate surface area is 153 Å². The maximum absolute atomic E-state index is 12.5. The van der Waals surface area contributed by atoms with Gasteiger partial charge in [-0.25, -0.2) is 4.79 Å². The van der Waals surface area contributed by atoms with Crippen LogP contribution < -0.4 is 4.74 Å². The van der Waals surface area contributed by atoms with Crippen molar-refractivity contribution in [3.63, 3.8) is 0 Å². The van der Waals surface area contributed by atoms with Gasteiger partial charge in [0, 0.05) is 22.9 Å². The molecule has 1 aliphatic carbocycles. The number of ketones is 1. The van der Waals surface area contributed by atoms with E-state index in [1.54, 1.807) is 46.2 Å². The van der Waals surface area contributed by atoms with Crippen molar-refractivity contribution >= 4 is 33.4 Å². The molecule has 0 radical (unpaired) electrons. The van der Waals surface area contributed by atoms with Crippen molar-refractivity contribution in [2.45, 2.75) is 26.4 Å². The fourth-order valence-electron chi connectivity index (χ4n) is 2.55. The van der Waals surface area contributed by atoms with Crippen LogP contribution in [0.15, 0.2) is 35.1 Å². The Morgan fingerprint density at radius 3 is 2.60 bits per heavy atom. The lowest BCUT2D eigenvalue weighted by Crippen LogP contribution is -2.27. The van der Waals surface area contributed by atoms with Gasteiger partial charge in [0.1, 0.15) is 11.4 Å². The zero-order chi connectivity index (χ0) is 18.4. The summed E-state index contributed by atoms with van der Waals surface area (Å²) in [4.78, 5) is 24.6. The van der Waals surface area contributed by atoms with Crippen LogP contribution in [-0.2, 0) is 4.74 Å². The van der Waals surface area contributed by atoms with Crippen LogP contribution in [0, 0.1) is 0 Å². The number of benzene rings is 1. The molecule has 0 atom stereocenters. The third-order valence-electron chi connectivity index (χ3n) is 3.61. The number of carbonyl (C=O) groups is 2. The molecule has 0 saturated heterocycles. The predicted molar refractivity (Wildman–Crippen MR) is 96.1 cm³/mol. The lowest BCUT2D eigenvalue weighted by Gasteiger charge is -2.18. The largest absolute Gasteiger partial charge is 0.497 e. The van der Waals surface area contributed by atoms with Crippen molar-refractivity contribution in [1.29, 1.82) is 0 Å². The van der Waals surface area contributed by atoms with Gasteiger partial charge in [0.15, 0.2) is 0 Å². The fraction of sp³-hybridized carbons (Fsp3) is 0.278. The maximum Gasteiger partial charge on any atom is 0.435 e. The Morgan fingerprint density at radius 1 is 1.24 bits per heavy atom. The van der Waals surface area contributed by atoms with E-state index in [4.69, 9.17) is 9.47 Å². The third-order valence-corrected chi connectivity index (χ3v) is 4.37. The molecule has 2 aromatic rings. The zero-order valence-electron chi connectivity index (χ0n) is 14.3. The molecule has 0 unspecified atom stereocenters. The van der Waals surface area contributed by atoms with Crippen molar-refractivity contribution in [2.24, 2.45) is 0 Å². The molecule has 3 rings (SSSR count). The van der Waals surface area contributed by atoms with E-state index < -0.39 is 11.7 Å². The number of methoxy groups -OCH3 is 1. The van der Waals surface area contributed by atoms with Gasteiger partial charge in [-0.1, -0.05) is 0 Å². The van der Waals surface area contributed by atoms with Crippen LogP contribution >= 0.6 is 15.9 Å². The van der Waals surface area contributed by atoms with Crippen LogP contribution in [0.25, 0.3) is 5.57 Å². The van der Waals surface area contributed by atoms with Gasteiger partial charge >= 0.3 is 6.09 Å². The standard InChI is InChI=1S/C18H17BrN2O4/c1-18(2,3)25-17(23)21-9-10(8-20-21)14-12-6-5-11(24-4)7-13(12)16(22)15(14)19/h5-9H,1-4H3. The Hall–Kier alpha value is -2.41. The van der Waals surface area contributed by atoms with Crippen molar-refractivity contribution in [1.82, 2.24) is 9.78 Å². The van der Waals surface area contributed by atoms with E-state index in [-0.39, 0.29) is 5.78 Å². The number of nitrogens with zero attached hydrogens (tertiary/aromatic N) is 2. The zero-order valence-corrected chi connectivity index (χ0v) is 15.9. The average Bonchev–Trinajstić information content (AvgIpc) is 3.10. The molecule has 0 amide bonds. The summed E-state index contributed by atoms with van der Waals surface area (Å²) in [7, 11) is 1.55. The summed E-state index contributed by atoms with van der Waals surface area (Å²) >= 11 is 3.37. The number of Topliss-reactive ketones (excluding diaryl/α,β-unsaturated/α-hetero) is 1. The first-order chi connectivity index (χ1) is 11.7. The third kappa shape index (κ3) is 3.24. The summed E-state index contributed by atoms with van der Waals surface area (Å²) in [6, 6.07) is 5.31. The number of rotatable bonds is 2. The van der Waals surface area contributed by atoms with Crippen LogP contribution in [0.5, 0.6) is 5.75 Å². The van der Waals surface area contributed by atoms with E-state index in [1.165, 1.54) is 6.20 Å². The van der Waals surface area contributed by atoms with Crippen molar-refractivity contribution in [3.8, 4) is 5.75 Å². The van der Waals surface area contributed by atoms with Crippen LogP contribution in [0.3, 0.4) is 0 Å². The molecule has 7 heteroatoms. The van der Waals surface area contributed by atoms with Gasteiger partial charge in [-0.05, 0) is 60.5 Å². The van der Waals surface area contributed by atoms with Crippen molar-refractivity contribution in [3.05, 3.63) is 51.8 Å². The molecule has 1 aromatic carbocycles. The molecule has 1 aliphatic rings. The van der Waals surface area contributed by atoms with Gasteiger partial charge in [-0.15, -0.1) is 0 Å². The topological polar surface area (TPSA) is 70.4 Å². The van der Waals surface area contributed by atoms with E-state index in [0.29, 0.717) is 26.9 Å². The molecule has 1 heterocycles. The van der Waals surface area contributed by atoms with Gasteiger partial charge in [0.05, 0.1) is 17.8 Å². The summed E-state index contributed by atoms with van der Waals surface area (Å²) in [6.45, 7) is 5.36. The molecule has 0 bridgehead atoms. The average molecular weight is 405 g/mol. The van der Waals surface area contributed by atoms with Gasteiger partial charge in [0.25, 0.3) is 0 Å². The lowest BCUT2D eigenvalue weighted by molar-refractivity contribution is 0.0514. The Kier molecular flexibility index (Phi) is 4.28. The minimum absolute atomic E-state index is 0.131. The molecule has 0 spiro atoms. The molecule has 0 saturated carbocycles. The lowest BCUT2D eigenvalue weighted by atomic mass is 10.0. The van der Waals surface area contributed by atoms with Crippen molar-refractivity contribution in [2.75, 3.05) is 7.11 Å². The highest BCUT2D eigenvalue weighted by Crippen LogP contribution is 2.41. The number of allylic oxidation sites excluding steroid dienone is 1. The van der Waals surface area contributed by atoms with E-state index in [1.807, 2.05) is 6.07 Å². The van der Waals surface area contributed by atoms with Gasteiger partial charge < -0.3 is 9.47 Å². The normalized spacial score (nSPS) is 13.9. The highest BCUT2D eigenvalue weighted by atomic mass is 79.9. The number of fused-ring (bicyclic) bond motifs is 1. The number of hydrogen-bond acceptors (Lipinski definition) is 5. The van der Waals surface area contributed by atoms with Crippen LogP contribution in [0.1, 0.15) is 42.3 Å². The summed E-state index contributed by atoms with van der Waals surface area (Å²) < 4.78 is 12.0. The number of aromatic nitrogens is 2. The van der Waals surface area contributed by atoms with Gasteiger partial charge in [-0.3, -0.25) is 4.79 Å². The van der Waals surface area contributed by atoms with Crippen LogP contribution in [0.2, 0.25) is 0 Å². The molecular weight excluding hydrogens is 388 g/mol. The maximum atomic E-state index is 12.5. The second kappa shape index (κ2) is 6.15. The highest BCUT2D eigenvalue weighted by molar-refractivity contribution is 9.12. The minimum atomic E-state index is -0.616. The monoisotopic (exact) mass is 404 g/mol. The number of halogens is 1.